The first kappa shape index (κ1) is 14.2. The van der Waals surface area contributed by atoms with Crippen molar-refractivity contribution in [3.8, 4) is 0 Å². The minimum atomic E-state index is -3.29. The lowest BCUT2D eigenvalue weighted by atomic mass is 10.6. The lowest BCUT2D eigenvalue weighted by Crippen LogP contribution is -2.40. The standard InChI is InChI=1S/C4H11N3O3S.ClH/c1-7(11(2,9)10)3-4(8)6-5;/h3,5H2,1-2H3,(H,6,8);1H. The van der Waals surface area contributed by atoms with Crippen molar-refractivity contribution >= 4 is 28.3 Å². The van der Waals surface area contributed by atoms with E-state index in [4.69, 9.17) is 5.84 Å². The summed E-state index contributed by atoms with van der Waals surface area (Å²) in [6, 6.07) is 0. The molecule has 6 nitrogen and oxygen atoms in total. The van der Waals surface area contributed by atoms with E-state index in [0.29, 0.717) is 0 Å². The van der Waals surface area contributed by atoms with Crippen molar-refractivity contribution in [1.82, 2.24) is 9.73 Å². The van der Waals surface area contributed by atoms with E-state index in [1.807, 2.05) is 5.43 Å². The molecule has 0 unspecified atom stereocenters. The fraction of sp³-hybridized carbons (Fsp3) is 0.750. The predicted octanol–water partition coefficient (Wildman–Crippen LogP) is -1.71. The van der Waals surface area contributed by atoms with E-state index in [1.165, 1.54) is 7.05 Å². The highest BCUT2D eigenvalue weighted by atomic mass is 35.5. The van der Waals surface area contributed by atoms with Gasteiger partial charge >= 0.3 is 0 Å². The number of hydrazine groups is 1. The average Bonchev–Trinajstić information content (AvgIpc) is 1.85. The van der Waals surface area contributed by atoms with E-state index in [1.54, 1.807) is 0 Å². The van der Waals surface area contributed by atoms with E-state index >= 15 is 0 Å². The number of amides is 1. The Kier molecular flexibility index (Phi) is 6.27. The molecule has 0 aliphatic carbocycles. The molecule has 0 aromatic rings. The van der Waals surface area contributed by atoms with Gasteiger partial charge in [0.15, 0.2) is 0 Å². The summed E-state index contributed by atoms with van der Waals surface area (Å²) in [5.41, 5.74) is 1.82. The maximum absolute atomic E-state index is 10.7. The fourth-order valence-electron chi connectivity index (χ4n) is 0.365. The molecule has 0 spiro atoms. The molecular formula is C4H12ClN3O3S. The van der Waals surface area contributed by atoms with E-state index in [2.05, 4.69) is 0 Å². The molecule has 0 fully saturated rings. The zero-order chi connectivity index (χ0) is 9.07. The smallest absolute Gasteiger partial charge is 0.249 e. The highest BCUT2D eigenvalue weighted by molar-refractivity contribution is 7.88. The lowest BCUT2D eigenvalue weighted by molar-refractivity contribution is -0.121. The largest absolute Gasteiger partial charge is 0.293 e. The van der Waals surface area contributed by atoms with Gasteiger partial charge in [0.25, 0.3) is 0 Å². The number of carbonyl (C=O) groups is 1. The van der Waals surface area contributed by atoms with Crippen LogP contribution in [0.4, 0.5) is 0 Å². The summed E-state index contributed by atoms with van der Waals surface area (Å²) in [5.74, 6) is 4.20. The molecule has 0 heterocycles. The molecule has 0 rings (SSSR count). The van der Waals surface area contributed by atoms with Crippen molar-refractivity contribution in [2.45, 2.75) is 0 Å². The number of nitrogens with two attached hydrogens (primary N) is 1. The monoisotopic (exact) mass is 217 g/mol. The van der Waals surface area contributed by atoms with E-state index in [-0.39, 0.29) is 19.0 Å². The summed E-state index contributed by atoms with van der Waals surface area (Å²) >= 11 is 0. The van der Waals surface area contributed by atoms with Gasteiger partial charge in [-0.15, -0.1) is 12.4 Å². The summed E-state index contributed by atoms with van der Waals surface area (Å²) in [7, 11) is -1.99. The van der Waals surface area contributed by atoms with Crippen LogP contribution in [0.5, 0.6) is 0 Å². The summed E-state index contributed by atoms with van der Waals surface area (Å²) in [5, 5.41) is 0. The van der Waals surface area contributed by atoms with E-state index < -0.39 is 15.9 Å². The normalized spacial score (nSPS) is 10.7. The number of hydrogen-bond acceptors (Lipinski definition) is 4. The molecule has 0 aromatic carbocycles. The Labute approximate surface area is 77.5 Å². The van der Waals surface area contributed by atoms with Crippen LogP contribution >= 0.6 is 12.4 Å². The van der Waals surface area contributed by atoms with Crippen molar-refractivity contribution in [3.63, 3.8) is 0 Å². The molecule has 0 bridgehead atoms. The van der Waals surface area contributed by atoms with Crippen molar-refractivity contribution in [1.29, 1.82) is 0 Å². The third kappa shape index (κ3) is 5.30. The first-order valence-corrected chi connectivity index (χ1v) is 4.63. The number of likely N-dealkylation sites (N-methyl/N-ethyl adjacent to an activating group) is 1. The Morgan fingerprint density at radius 2 is 2.00 bits per heavy atom. The first-order valence-electron chi connectivity index (χ1n) is 2.78. The van der Waals surface area contributed by atoms with Gasteiger partial charge in [0.1, 0.15) is 0 Å². The van der Waals surface area contributed by atoms with Crippen molar-refractivity contribution in [2.75, 3.05) is 19.8 Å². The zero-order valence-corrected chi connectivity index (χ0v) is 8.41. The minimum absolute atomic E-state index is 0. The number of nitrogens with one attached hydrogen (secondary N) is 1. The van der Waals surface area contributed by atoms with Gasteiger partial charge in [-0.1, -0.05) is 0 Å². The molecule has 0 aromatic heterocycles. The predicted molar refractivity (Wildman–Crippen MR) is 47.1 cm³/mol. The third-order valence-corrected chi connectivity index (χ3v) is 2.35. The molecule has 1 amide bonds. The molecule has 0 aliphatic rings. The van der Waals surface area contributed by atoms with Gasteiger partial charge in [0.05, 0.1) is 12.8 Å². The number of nitrogens with zero attached hydrogens (tertiary/aromatic N) is 1. The average molecular weight is 218 g/mol. The maximum Gasteiger partial charge on any atom is 0.249 e. The quantitative estimate of drug-likeness (QED) is 0.335. The molecule has 0 aliphatic heterocycles. The number of sulfonamides is 1. The van der Waals surface area contributed by atoms with Gasteiger partial charge < -0.3 is 0 Å². The molecule has 74 valence electrons. The fourth-order valence-corrected chi connectivity index (χ4v) is 0.717. The van der Waals surface area contributed by atoms with Gasteiger partial charge in [0.2, 0.25) is 15.9 Å². The molecular weight excluding hydrogens is 206 g/mol. The Morgan fingerprint density at radius 3 is 2.25 bits per heavy atom. The Hall–Kier alpha value is -0.370. The first-order chi connectivity index (χ1) is 4.88. The number of hydrogen-bond donors (Lipinski definition) is 2. The Morgan fingerprint density at radius 1 is 1.58 bits per heavy atom. The van der Waals surface area contributed by atoms with Gasteiger partial charge in [-0.3, -0.25) is 10.2 Å². The van der Waals surface area contributed by atoms with Gasteiger partial charge in [0, 0.05) is 7.05 Å². The van der Waals surface area contributed by atoms with Crippen LogP contribution in [-0.4, -0.2) is 38.5 Å². The zero-order valence-electron chi connectivity index (χ0n) is 6.77. The number of carbonyl (C=O) groups excluding carboxylic acids is 1. The SMILES string of the molecule is CN(CC(=O)NN)S(C)(=O)=O.Cl. The van der Waals surface area contributed by atoms with Crippen LogP contribution in [-0.2, 0) is 14.8 Å². The molecule has 0 radical (unpaired) electrons. The summed E-state index contributed by atoms with van der Waals surface area (Å²) in [4.78, 5) is 10.5. The topological polar surface area (TPSA) is 92.5 Å². The number of halogens is 1. The third-order valence-electron chi connectivity index (χ3n) is 1.09. The van der Waals surface area contributed by atoms with Gasteiger partial charge in [-0.05, 0) is 0 Å². The van der Waals surface area contributed by atoms with Crippen molar-refractivity contribution in [3.05, 3.63) is 0 Å². The number of rotatable bonds is 3. The van der Waals surface area contributed by atoms with Crippen molar-refractivity contribution in [2.24, 2.45) is 5.84 Å². The van der Waals surface area contributed by atoms with Crippen molar-refractivity contribution < 1.29 is 13.2 Å². The molecule has 12 heavy (non-hydrogen) atoms. The molecule has 0 atom stereocenters. The highest BCUT2D eigenvalue weighted by Gasteiger charge is 2.13. The van der Waals surface area contributed by atoms with Crippen LogP contribution in [0.3, 0.4) is 0 Å². The van der Waals surface area contributed by atoms with Crippen LogP contribution in [0.1, 0.15) is 0 Å². The van der Waals surface area contributed by atoms with Gasteiger partial charge in [-0.2, -0.15) is 4.31 Å². The summed E-state index contributed by atoms with van der Waals surface area (Å²) < 4.78 is 22.3. The molecule has 8 heteroatoms. The van der Waals surface area contributed by atoms with E-state index in [0.717, 1.165) is 10.6 Å². The van der Waals surface area contributed by atoms with Gasteiger partial charge in [-0.25, -0.2) is 14.3 Å². The summed E-state index contributed by atoms with van der Waals surface area (Å²) in [6.07, 6.45) is 1.01. The van der Waals surface area contributed by atoms with Crippen LogP contribution in [0, 0.1) is 0 Å². The van der Waals surface area contributed by atoms with Crippen LogP contribution in [0.25, 0.3) is 0 Å². The highest BCUT2D eigenvalue weighted by Crippen LogP contribution is 1.90. The van der Waals surface area contributed by atoms with Crippen LogP contribution in [0.2, 0.25) is 0 Å². The molecule has 3 N–H and O–H groups in total. The van der Waals surface area contributed by atoms with E-state index in [9.17, 15) is 13.2 Å². The second-order valence-corrected chi connectivity index (χ2v) is 4.18. The second-order valence-electron chi connectivity index (χ2n) is 2.09. The Balaban J connectivity index is 0. The molecule has 0 saturated heterocycles. The molecule has 0 saturated carbocycles. The minimum Gasteiger partial charge on any atom is -0.293 e. The maximum atomic E-state index is 10.7. The van der Waals surface area contributed by atoms with Crippen LogP contribution in [0.15, 0.2) is 0 Å². The summed E-state index contributed by atoms with van der Waals surface area (Å²) in [6.45, 7) is -0.255. The second kappa shape index (κ2) is 5.31. The Bertz CT molecular complexity index is 240. The van der Waals surface area contributed by atoms with Crippen LogP contribution < -0.4 is 11.3 Å². The lowest BCUT2D eigenvalue weighted by Gasteiger charge is -2.11.